The van der Waals surface area contributed by atoms with Crippen LogP contribution in [0, 0.1) is 5.92 Å². The molecule has 16 heavy (non-hydrogen) atoms. The third-order valence-electron chi connectivity index (χ3n) is 3.97. The number of piperidine rings is 1. The van der Waals surface area contributed by atoms with Crippen molar-refractivity contribution in [2.45, 2.75) is 45.1 Å². The normalized spacial score (nSPS) is 27.7. The maximum absolute atomic E-state index is 3.45. The van der Waals surface area contributed by atoms with Crippen molar-refractivity contribution in [3.63, 3.8) is 0 Å². The molecule has 0 aromatic rings. The Morgan fingerprint density at radius 3 is 2.88 bits per heavy atom. The highest BCUT2D eigenvalue weighted by atomic mass is 15.2. The fourth-order valence-electron chi connectivity index (χ4n) is 2.91. The number of nitrogens with zero attached hydrogens (tertiary/aromatic N) is 1. The van der Waals surface area contributed by atoms with Crippen LogP contribution in [0.2, 0.25) is 0 Å². The first-order valence-electron chi connectivity index (χ1n) is 7.01. The Balaban J connectivity index is 1.75. The SMILES string of the molecule is CCCC[C@@H]1C=CCN1CC1CCNCC1. The molecule has 0 radical (unpaired) electrons. The van der Waals surface area contributed by atoms with Gasteiger partial charge in [-0.2, -0.15) is 0 Å². The van der Waals surface area contributed by atoms with Crippen LogP contribution in [-0.2, 0) is 0 Å². The second kappa shape index (κ2) is 6.41. The van der Waals surface area contributed by atoms with Crippen LogP contribution in [0.15, 0.2) is 12.2 Å². The van der Waals surface area contributed by atoms with Crippen molar-refractivity contribution in [1.29, 1.82) is 0 Å². The third kappa shape index (κ3) is 3.33. The van der Waals surface area contributed by atoms with Gasteiger partial charge in [0, 0.05) is 19.1 Å². The molecule has 0 aliphatic carbocycles. The van der Waals surface area contributed by atoms with E-state index in [0.717, 1.165) is 12.0 Å². The van der Waals surface area contributed by atoms with Gasteiger partial charge in [0.25, 0.3) is 0 Å². The summed E-state index contributed by atoms with van der Waals surface area (Å²) in [6.45, 7) is 7.26. The Kier molecular flexibility index (Phi) is 4.86. The van der Waals surface area contributed by atoms with E-state index in [1.54, 1.807) is 0 Å². The van der Waals surface area contributed by atoms with Crippen molar-refractivity contribution in [2.24, 2.45) is 5.92 Å². The molecule has 0 bridgehead atoms. The molecule has 1 fully saturated rings. The maximum Gasteiger partial charge on any atom is 0.0282 e. The average Bonchev–Trinajstić information content (AvgIpc) is 2.75. The van der Waals surface area contributed by atoms with Gasteiger partial charge in [0.1, 0.15) is 0 Å². The highest BCUT2D eigenvalue weighted by Gasteiger charge is 2.23. The predicted octanol–water partition coefficient (Wildman–Crippen LogP) is 2.42. The van der Waals surface area contributed by atoms with Crippen molar-refractivity contribution in [3.8, 4) is 0 Å². The first kappa shape index (κ1) is 12.1. The van der Waals surface area contributed by atoms with E-state index in [0.29, 0.717) is 0 Å². The van der Waals surface area contributed by atoms with E-state index < -0.39 is 0 Å². The van der Waals surface area contributed by atoms with E-state index in [1.807, 2.05) is 0 Å². The Morgan fingerprint density at radius 1 is 1.31 bits per heavy atom. The fraction of sp³-hybridized carbons (Fsp3) is 0.857. The first-order valence-corrected chi connectivity index (χ1v) is 7.01. The zero-order valence-electron chi connectivity index (χ0n) is 10.6. The Hall–Kier alpha value is -0.340. The zero-order chi connectivity index (χ0) is 11.2. The molecular weight excluding hydrogens is 196 g/mol. The van der Waals surface area contributed by atoms with Crippen LogP contribution in [0.4, 0.5) is 0 Å². The molecule has 0 saturated carbocycles. The molecule has 0 amide bonds. The van der Waals surface area contributed by atoms with Crippen LogP contribution in [0.1, 0.15) is 39.0 Å². The number of hydrogen-bond acceptors (Lipinski definition) is 2. The van der Waals surface area contributed by atoms with Crippen molar-refractivity contribution < 1.29 is 0 Å². The summed E-state index contributed by atoms with van der Waals surface area (Å²) < 4.78 is 0. The summed E-state index contributed by atoms with van der Waals surface area (Å²) in [5, 5.41) is 3.45. The highest BCUT2D eigenvalue weighted by Crippen LogP contribution is 2.21. The van der Waals surface area contributed by atoms with Crippen LogP contribution in [0.25, 0.3) is 0 Å². The minimum Gasteiger partial charge on any atom is -0.317 e. The summed E-state index contributed by atoms with van der Waals surface area (Å²) in [5.41, 5.74) is 0. The molecule has 2 aliphatic rings. The van der Waals surface area contributed by atoms with Crippen LogP contribution in [0.5, 0.6) is 0 Å². The smallest absolute Gasteiger partial charge is 0.0282 e. The standard InChI is InChI=1S/C14H26N2/c1-2-3-5-14-6-4-11-16(14)12-13-7-9-15-10-8-13/h4,6,13-15H,2-3,5,7-12H2,1H3/t14-/m1/s1. The summed E-state index contributed by atoms with van der Waals surface area (Å²) in [6.07, 6.45) is 11.6. The molecule has 2 heteroatoms. The second-order valence-electron chi connectivity index (χ2n) is 5.29. The first-order chi connectivity index (χ1) is 7.90. The molecule has 92 valence electrons. The summed E-state index contributed by atoms with van der Waals surface area (Å²) in [6, 6.07) is 0.745. The van der Waals surface area contributed by atoms with Gasteiger partial charge in [-0.25, -0.2) is 0 Å². The van der Waals surface area contributed by atoms with Gasteiger partial charge in [-0.1, -0.05) is 31.9 Å². The van der Waals surface area contributed by atoms with Crippen molar-refractivity contribution in [3.05, 3.63) is 12.2 Å². The van der Waals surface area contributed by atoms with Crippen LogP contribution < -0.4 is 5.32 Å². The van der Waals surface area contributed by atoms with E-state index in [1.165, 1.54) is 58.3 Å². The lowest BCUT2D eigenvalue weighted by Gasteiger charge is -2.31. The molecule has 1 N–H and O–H groups in total. The molecule has 2 aliphatic heterocycles. The van der Waals surface area contributed by atoms with Crippen molar-refractivity contribution in [1.82, 2.24) is 10.2 Å². The van der Waals surface area contributed by atoms with Gasteiger partial charge in [0.2, 0.25) is 0 Å². The molecule has 0 aromatic heterocycles. The molecule has 0 unspecified atom stereocenters. The largest absolute Gasteiger partial charge is 0.317 e. The maximum atomic E-state index is 3.45. The Bertz CT molecular complexity index is 219. The summed E-state index contributed by atoms with van der Waals surface area (Å²) in [5.74, 6) is 0.935. The van der Waals surface area contributed by atoms with E-state index in [4.69, 9.17) is 0 Å². The van der Waals surface area contributed by atoms with Gasteiger partial charge in [0.15, 0.2) is 0 Å². The number of rotatable bonds is 5. The van der Waals surface area contributed by atoms with Crippen LogP contribution in [-0.4, -0.2) is 37.1 Å². The van der Waals surface area contributed by atoms with Gasteiger partial charge in [-0.05, 0) is 38.3 Å². The molecule has 0 spiro atoms. The zero-order valence-corrected chi connectivity index (χ0v) is 10.6. The number of unbranched alkanes of at least 4 members (excludes halogenated alkanes) is 1. The van der Waals surface area contributed by atoms with Crippen molar-refractivity contribution >= 4 is 0 Å². The van der Waals surface area contributed by atoms with Gasteiger partial charge in [0.05, 0.1) is 0 Å². The number of nitrogens with one attached hydrogen (secondary N) is 1. The van der Waals surface area contributed by atoms with Gasteiger partial charge < -0.3 is 5.32 Å². The van der Waals surface area contributed by atoms with Gasteiger partial charge >= 0.3 is 0 Å². The minimum absolute atomic E-state index is 0.745. The molecular formula is C14H26N2. The van der Waals surface area contributed by atoms with E-state index >= 15 is 0 Å². The minimum atomic E-state index is 0.745. The van der Waals surface area contributed by atoms with E-state index in [2.05, 4.69) is 29.3 Å². The molecule has 0 aromatic carbocycles. The molecule has 1 atom stereocenters. The van der Waals surface area contributed by atoms with E-state index in [-0.39, 0.29) is 0 Å². The monoisotopic (exact) mass is 222 g/mol. The average molecular weight is 222 g/mol. The number of hydrogen-bond donors (Lipinski definition) is 1. The topological polar surface area (TPSA) is 15.3 Å². The third-order valence-corrected chi connectivity index (χ3v) is 3.97. The van der Waals surface area contributed by atoms with Gasteiger partial charge in [-0.15, -0.1) is 0 Å². The van der Waals surface area contributed by atoms with Crippen LogP contribution >= 0.6 is 0 Å². The Morgan fingerprint density at radius 2 is 2.12 bits per heavy atom. The summed E-state index contributed by atoms with van der Waals surface area (Å²) in [4.78, 5) is 2.69. The van der Waals surface area contributed by atoms with Gasteiger partial charge in [-0.3, -0.25) is 4.90 Å². The lowest BCUT2D eigenvalue weighted by Crippen LogP contribution is -2.38. The summed E-state index contributed by atoms with van der Waals surface area (Å²) >= 11 is 0. The van der Waals surface area contributed by atoms with Crippen LogP contribution in [0.3, 0.4) is 0 Å². The van der Waals surface area contributed by atoms with Crippen molar-refractivity contribution in [2.75, 3.05) is 26.2 Å². The molecule has 2 rings (SSSR count). The second-order valence-corrected chi connectivity index (χ2v) is 5.29. The summed E-state index contributed by atoms with van der Waals surface area (Å²) in [7, 11) is 0. The lowest BCUT2D eigenvalue weighted by molar-refractivity contribution is 0.195. The quantitative estimate of drug-likeness (QED) is 0.719. The lowest BCUT2D eigenvalue weighted by atomic mass is 9.97. The molecule has 2 nitrogen and oxygen atoms in total. The van der Waals surface area contributed by atoms with E-state index in [9.17, 15) is 0 Å². The highest BCUT2D eigenvalue weighted by molar-refractivity contribution is 5.04. The fourth-order valence-corrected chi connectivity index (χ4v) is 2.91. The Labute approximate surface area is 100 Å². The molecule has 1 saturated heterocycles. The predicted molar refractivity (Wildman–Crippen MR) is 69.6 cm³/mol. The molecule has 2 heterocycles.